The van der Waals surface area contributed by atoms with Gasteiger partial charge in [0.1, 0.15) is 0 Å². The van der Waals surface area contributed by atoms with Crippen LogP contribution in [0.5, 0.6) is 0 Å². The van der Waals surface area contributed by atoms with Crippen molar-refractivity contribution in [3.05, 3.63) is 57.8 Å². The number of hydrogen-bond donors (Lipinski definition) is 1. The molecule has 3 rings (SSSR count). The molecule has 3 nitrogen and oxygen atoms in total. The van der Waals surface area contributed by atoms with Crippen molar-refractivity contribution in [1.29, 1.82) is 0 Å². The Kier molecular flexibility index (Phi) is 4.36. The summed E-state index contributed by atoms with van der Waals surface area (Å²) in [6, 6.07) is 12.4. The molecule has 1 atom stereocenters. The van der Waals surface area contributed by atoms with E-state index in [1.54, 1.807) is 11.3 Å². The molecular weight excluding hydrogens is 280 g/mol. The topological polar surface area (TPSA) is 32.3 Å². The number of carbonyl (C=O) groups excluding carboxylic acids is 1. The number of benzene rings is 1. The summed E-state index contributed by atoms with van der Waals surface area (Å²) in [7, 11) is 0. The molecule has 21 heavy (non-hydrogen) atoms. The van der Waals surface area contributed by atoms with Crippen LogP contribution in [0.15, 0.2) is 41.8 Å². The minimum Gasteiger partial charge on any atom is -0.337 e. The number of rotatable bonds is 4. The average molecular weight is 300 g/mol. The molecule has 1 aliphatic heterocycles. The van der Waals surface area contributed by atoms with Crippen LogP contribution in [0.3, 0.4) is 0 Å². The number of likely N-dealkylation sites (N-methyl/N-ethyl adjacent to an activating group) is 1. The van der Waals surface area contributed by atoms with Crippen LogP contribution in [-0.4, -0.2) is 23.9 Å². The van der Waals surface area contributed by atoms with Crippen molar-refractivity contribution in [2.24, 2.45) is 0 Å². The summed E-state index contributed by atoms with van der Waals surface area (Å²) in [5.74, 6) is 0.167. The van der Waals surface area contributed by atoms with E-state index in [2.05, 4.69) is 28.9 Å². The highest BCUT2D eigenvalue weighted by Gasteiger charge is 2.29. The highest BCUT2D eigenvalue weighted by atomic mass is 32.1. The molecule has 0 saturated heterocycles. The van der Waals surface area contributed by atoms with Gasteiger partial charge in [0, 0.05) is 24.5 Å². The van der Waals surface area contributed by atoms with Crippen LogP contribution < -0.4 is 5.32 Å². The van der Waals surface area contributed by atoms with Crippen LogP contribution in [0.4, 0.5) is 0 Å². The number of amides is 1. The fraction of sp³-hybridized carbons (Fsp3) is 0.353. The van der Waals surface area contributed by atoms with Gasteiger partial charge in [-0.05, 0) is 29.5 Å². The molecule has 1 N–H and O–H groups in total. The van der Waals surface area contributed by atoms with Gasteiger partial charge in [0.05, 0.1) is 12.5 Å². The number of carbonyl (C=O) groups is 1. The second-order valence-corrected chi connectivity index (χ2v) is 6.35. The molecular formula is C17H20N2OS. The van der Waals surface area contributed by atoms with Crippen LogP contribution in [0.25, 0.3) is 0 Å². The largest absolute Gasteiger partial charge is 0.337 e. The highest BCUT2D eigenvalue weighted by Crippen LogP contribution is 2.26. The average Bonchev–Trinajstić information content (AvgIpc) is 3.04. The Morgan fingerprint density at radius 3 is 2.95 bits per heavy atom. The van der Waals surface area contributed by atoms with Crippen molar-refractivity contribution < 1.29 is 4.79 Å². The summed E-state index contributed by atoms with van der Waals surface area (Å²) in [6.45, 7) is 5.10. The number of hydrogen-bond acceptors (Lipinski definition) is 3. The molecule has 2 aromatic rings. The van der Waals surface area contributed by atoms with Crippen LogP contribution >= 0.6 is 11.3 Å². The van der Waals surface area contributed by atoms with Crippen molar-refractivity contribution in [2.45, 2.75) is 25.9 Å². The minimum atomic E-state index is -0.0603. The van der Waals surface area contributed by atoms with Crippen LogP contribution in [0.1, 0.15) is 28.8 Å². The van der Waals surface area contributed by atoms with E-state index in [-0.39, 0.29) is 11.8 Å². The highest BCUT2D eigenvalue weighted by molar-refractivity contribution is 7.09. The maximum absolute atomic E-state index is 12.9. The Morgan fingerprint density at radius 2 is 2.19 bits per heavy atom. The molecule has 1 aromatic heterocycles. The summed E-state index contributed by atoms with van der Waals surface area (Å²) < 4.78 is 0. The normalized spacial score (nSPS) is 17.3. The van der Waals surface area contributed by atoms with E-state index in [4.69, 9.17) is 0 Å². The molecule has 1 aromatic carbocycles. The third-order valence-electron chi connectivity index (χ3n) is 4.01. The number of fused-ring (bicyclic) bond motifs is 1. The van der Waals surface area contributed by atoms with Gasteiger partial charge in [0.2, 0.25) is 5.91 Å². The smallest absolute Gasteiger partial charge is 0.231 e. The first kappa shape index (κ1) is 14.3. The monoisotopic (exact) mass is 300 g/mol. The first-order valence-corrected chi connectivity index (χ1v) is 8.27. The number of nitrogens with zero attached hydrogens (tertiary/aromatic N) is 1. The van der Waals surface area contributed by atoms with Gasteiger partial charge >= 0.3 is 0 Å². The second-order valence-electron chi connectivity index (χ2n) is 5.31. The first-order valence-electron chi connectivity index (χ1n) is 7.39. The Balaban J connectivity index is 1.81. The lowest BCUT2D eigenvalue weighted by Gasteiger charge is -2.30. The standard InChI is InChI=1S/C17H20N2OS/c1-2-19(12-14-7-5-9-21-14)17(20)16-11-18-10-13-6-3-4-8-15(13)16/h3-9,16,18H,2,10-12H2,1H3. The van der Waals surface area contributed by atoms with Crippen molar-refractivity contribution in [2.75, 3.05) is 13.1 Å². The maximum Gasteiger partial charge on any atom is 0.231 e. The second kappa shape index (κ2) is 6.41. The molecule has 1 aliphatic rings. The molecule has 0 spiro atoms. The lowest BCUT2D eigenvalue weighted by molar-refractivity contribution is -0.133. The first-order chi connectivity index (χ1) is 10.3. The zero-order valence-electron chi connectivity index (χ0n) is 12.2. The quantitative estimate of drug-likeness (QED) is 0.941. The van der Waals surface area contributed by atoms with Gasteiger partial charge in [-0.1, -0.05) is 30.3 Å². The van der Waals surface area contributed by atoms with E-state index in [0.29, 0.717) is 6.54 Å². The van der Waals surface area contributed by atoms with Crippen molar-refractivity contribution in [3.63, 3.8) is 0 Å². The minimum absolute atomic E-state index is 0.0603. The van der Waals surface area contributed by atoms with Gasteiger partial charge in [-0.3, -0.25) is 4.79 Å². The van der Waals surface area contributed by atoms with Crippen LogP contribution in [0, 0.1) is 0 Å². The predicted molar refractivity (Wildman–Crippen MR) is 86.3 cm³/mol. The Bertz CT molecular complexity index is 609. The van der Waals surface area contributed by atoms with Crippen molar-refractivity contribution in [3.8, 4) is 0 Å². The summed E-state index contributed by atoms with van der Waals surface area (Å²) in [4.78, 5) is 16.1. The lowest BCUT2D eigenvalue weighted by atomic mass is 9.90. The fourth-order valence-electron chi connectivity index (χ4n) is 2.87. The predicted octanol–water partition coefficient (Wildman–Crippen LogP) is 2.98. The maximum atomic E-state index is 12.9. The molecule has 0 aliphatic carbocycles. The molecule has 1 unspecified atom stereocenters. The van der Waals surface area contributed by atoms with E-state index < -0.39 is 0 Å². The third-order valence-corrected chi connectivity index (χ3v) is 4.87. The van der Waals surface area contributed by atoms with Gasteiger partial charge in [-0.25, -0.2) is 0 Å². The van der Waals surface area contributed by atoms with Gasteiger partial charge in [0.25, 0.3) is 0 Å². The summed E-state index contributed by atoms with van der Waals surface area (Å²) >= 11 is 1.71. The Morgan fingerprint density at radius 1 is 1.33 bits per heavy atom. The van der Waals surface area contributed by atoms with Gasteiger partial charge in [-0.2, -0.15) is 0 Å². The molecule has 0 saturated carbocycles. The van der Waals surface area contributed by atoms with E-state index in [9.17, 15) is 4.79 Å². The summed E-state index contributed by atoms with van der Waals surface area (Å²) in [6.07, 6.45) is 0. The van der Waals surface area contributed by atoms with Crippen LogP contribution in [0.2, 0.25) is 0 Å². The molecule has 0 fully saturated rings. The zero-order chi connectivity index (χ0) is 14.7. The van der Waals surface area contributed by atoms with Gasteiger partial charge in [0.15, 0.2) is 0 Å². The zero-order valence-corrected chi connectivity index (χ0v) is 13.0. The summed E-state index contributed by atoms with van der Waals surface area (Å²) in [5, 5.41) is 5.43. The fourth-order valence-corrected chi connectivity index (χ4v) is 3.59. The number of thiophene rings is 1. The van der Waals surface area contributed by atoms with E-state index in [1.807, 2.05) is 30.0 Å². The van der Waals surface area contributed by atoms with E-state index >= 15 is 0 Å². The molecule has 1 amide bonds. The van der Waals surface area contributed by atoms with Crippen molar-refractivity contribution in [1.82, 2.24) is 10.2 Å². The van der Waals surface area contributed by atoms with E-state index in [0.717, 1.165) is 19.6 Å². The van der Waals surface area contributed by atoms with Gasteiger partial charge < -0.3 is 10.2 Å². The van der Waals surface area contributed by atoms with E-state index in [1.165, 1.54) is 16.0 Å². The SMILES string of the molecule is CCN(Cc1cccs1)C(=O)C1CNCc2ccccc21. The molecule has 4 heteroatoms. The Labute approximate surface area is 129 Å². The van der Waals surface area contributed by atoms with Gasteiger partial charge in [-0.15, -0.1) is 11.3 Å². The van der Waals surface area contributed by atoms with Crippen molar-refractivity contribution >= 4 is 17.2 Å². The third kappa shape index (κ3) is 3.01. The molecule has 2 heterocycles. The lowest BCUT2D eigenvalue weighted by Crippen LogP contribution is -2.41. The molecule has 0 radical (unpaired) electrons. The molecule has 0 bridgehead atoms. The molecule has 110 valence electrons. The number of nitrogens with one attached hydrogen (secondary N) is 1. The van der Waals surface area contributed by atoms with Crippen LogP contribution in [-0.2, 0) is 17.9 Å². The summed E-state index contributed by atoms with van der Waals surface area (Å²) in [5.41, 5.74) is 2.43. The Hall–Kier alpha value is -1.65.